The Morgan fingerprint density at radius 2 is 1.95 bits per heavy atom. The van der Waals surface area contributed by atoms with Gasteiger partial charge in [-0.3, -0.25) is 4.57 Å². The fourth-order valence-corrected chi connectivity index (χ4v) is 2.48. The van der Waals surface area contributed by atoms with Crippen LogP contribution < -0.4 is 5.73 Å². The normalized spacial score (nSPS) is 13.2. The van der Waals surface area contributed by atoms with E-state index in [0.29, 0.717) is 12.5 Å². The third-order valence-corrected chi connectivity index (χ3v) is 5.81. The molecular formula is C12H21N5O2S. The molecule has 20 heavy (non-hydrogen) atoms. The minimum Gasteiger partial charge on any atom is -0.369 e. The number of aryl methyl sites for hydroxylation is 2. The highest BCUT2D eigenvalue weighted by Crippen LogP contribution is 2.26. The molecule has 0 spiro atoms. The molecule has 0 saturated heterocycles. The Hall–Kier alpha value is -1.57. The molecule has 2 aromatic rings. The maximum absolute atomic E-state index is 11.9. The van der Waals surface area contributed by atoms with Crippen LogP contribution in [0.2, 0.25) is 0 Å². The van der Waals surface area contributed by atoms with E-state index in [1.165, 1.54) is 6.26 Å². The Balaban J connectivity index is 2.63. The minimum atomic E-state index is -3.21. The predicted molar refractivity (Wildman–Crippen MR) is 79.3 cm³/mol. The van der Waals surface area contributed by atoms with Crippen LogP contribution in [0.3, 0.4) is 0 Å². The van der Waals surface area contributed by atoms with Crippen LogP contribution in [0.15, 0.2) is 0 Å². The summed E-state index contributed by atoms with van der Waals surface area (Å²) >= 11 is 0. The van der Waals surface area contributed by atoms with Crippen molar-refractivity contribution < 1.29 is 8.42 Å². The molecular weight excluding hydrogens is 278 g/mol. The summed E-state index contributed by atoms with van der Waals surface area (Å²) < 4.78 is 26.4. The van der Waals surface area contributed by atoms with Gasteiger partial charge in [0.05, 0.1) is 10.4 Å². The first-order valence-corrected chi connectivity index (χ1v) is 8.36. The summed E-state index contributed by atoms with van der Waals surface area (Å²) in [6.45, 7) is 8.14. The third kappa shape index (κ3) is 2.17. The van der Waals surface area contributed by atoms with Crippen LogP contribution in [0.1, 0.15) is 26.5 Å². The molecule has 0 unspecified atom stereocenters. The number of nitrogen functional groups attached to an aromatic ring is 1. The van der Waals surface area contributed by atoms with E-state index in [-0.39, 0.29) is 6.54 Å². The van der Waals surface area contributed by atoms with Crippen molar-refractivity contribution in [2.24, 2.45) is 0 Å². The summed E-state index contributed by atoms with van der Waals surface area (Å²) in [4.78, 5) is 4.31. The van der Waals surface area contributed by atoms with Crippen LogP contribution in [-0.2, 0) is 22.9 Å². The average Bonchev–Trinajstić information content (AvgIpc) is 2.77. The number of hydrogen-bond donors (Lipinski definition) is 1. The third-order valence-electron chi connectivity index (χ3n) is 3.67. The zero-order chi connectivity index (χ0) is 15.3. The maximum atomic E-state index is 11.9. The number of sulfone groups is 1. The van der Waals surface area contributed by atoms with E-state index in [0.717, 1.165) is 16.9 Å². The van der Waals surface area contributed by atoms with Gasteiger partial charge in [0.15, 0.2) is 15.5 Å². The first-order chi connectivity index (χ1) is 9.08. The lowest BCUT2D eigenvalue weighted by Crippen LogP contribution is -2.36. The SMILES string of the molecule is CCn1nc(C)c2nc(N)n(CC(C)(C)S(C)(=O)=O)c21. The van der Waals surface area contributed by atoms with Gasteiger partial charge in [0.25, 0.3) is 0 Å². The summed E-state index contributed by atoms with van der Waals surface area (Å²) in [7, 11) is -3.21. The highest BCUT2D eigenvalue weighted by molar-refractivity contribution is 7.92. The number of fused-ring (bicyclic) bond motifs is 1. The van der Waals surface area contributed by atoms with Gasteiger partial charge in [-0.2, -0.15) is 5.10 Å². The Bertz CT molecular complexity index is 754. The lowest BCUT2D eigenvalue weighted by Gasteiger charge is -2.23. The molecule has 0 aliphatic carbocycles. The zero-order valence-electron chi connectivity index (χ0n) is 12.5. The molecule has 0 aliphatic heterocycles. The van der Waals surface area contributed by atoms with Gasteiger partial charge in [0, 0.05) is 19.3 Å². The highest BCUT2D eigenvalue weighted by Gasteiger charge is 2.32. The largest absolute Gasteiger partial charge is 0.369 e. The molecule has 0 fully saturated rings. The van der Waals surface area contributed by atoms with Crippen molar-refractivity contribution in [1.82, 2.24) is 19.3 Å². The molecule has 0 amide bonds. The van der Waals surface area contributed by atoms with Gasteiger partial charge >= 0.3 is 0 Å². The molecule has 8 heteroatoms. The number of nitrogens with zero attached hydrogens (tertiary/aromatic N) is 4. The molecule has 2 N–H and O–H groups in total. The fourth-order valence-electron chi connectivity index (χ4n) is 2.12. The van der Waals surface area contributed by atoms with Gasteiger partial charge in [-0.1, -0.05) is 0 Å². The summed E-state index contributed by atoms with van der Waals surface area (Å²) in [5.74, 6) is 0.319. The average molecular weight is 299 g/mol. The fraction of sp³-hybridized carbons (Fsp3) is 0.667. The lowest BCUT2D eigenvalue weighted by molar-refractivity contribution is 0.504. The number of hydrogen-bond acceptors (Lipinski definition) is 5. The molecule has 0 radical (unpaired) electrons. The van der Waals surface area contributed by atoms with Crippen molar-refractivity contribution >= 4 is 26.9 Å². The van der Waals surface area contributed by atoms with E-state index in [4.69, 9.17) is 5.73 Å². The second-order valence-corrected chi connectivity index (χ2v) is 8.31. The Morgan fingerprint density at radius 3 is 2.45 bits per heavy atom. The van der Waals surface area contributed by atoms with E-state index in [2.05, 4.69) is 10.1 Å². The van der Waals surface area contributed by atoms with Crippen LogP contribution in [0.25, 0.3) is 11.2 Å². The molecule has 0 aliphatic rings. The van der Waals surface area contributed by atoms with Crippen LogP contribution >= 0.6 is 0 Å². The van der Waals surface area contributed by atoms with Gasteiger partial charge in [-0.05, 0) is 27.7 Å². The molecule has 2 aromatic heterocycles. The van der Waals surface area contributed by atoms with E-state index >= 15 is 0 Å². The van der Waals surface area contributed by atoms with Crippen molar-refractivity contribution in [3.05, 3.63) is 5.69 Å². The summed E-state index contributed by atoms with van der Waals surface area (Å²) in [5, 5.41) is 4.39. The Labute approximate surface area is 118 Å². The van der Waals surface area contributed by atoms with E-state index in [1.54, 1.807) is 23.1 Å². The molecule has 2 rings (SSSR count). The maximum Gasteiger partial charge on any atom is 0.202 e. The first-order valence-electron chi connectivity index (χ1n) is 6.47. The summed E-state index contributed by atoms with van der Waals surface area (Å²) in [6.07, 6.45) is 1.24. The van der Waals surface area contributed by atoms with Crippen molar-refractivity contribution in [1.29, 1.82) is 0 Å². The monoisotopic (exact) mass is 299 g/mol. The van der Waals surface area contributed by atoms with Gasteiger partial charge in [0.2, 0.25) is 5.95 Å². The summed E-state index contributed by atoms with van der Waals surface area (Å²) in [6, 6.07) is 0. The lowest BCUT2D eigenvalue weighted by atomic mass is 10.2. The van der Waals surface area contributed by atoms with Crippen LogP contribution in [0.5, 0.6) is 0 Å². The van der Waals surface area contributed by atoms with E-state index in [1.807, 2.05) is 13.8 Å². The molecule has 0 aromatic carbocycles. The second-order valence-electron chi connectivity index (χ2n) is 5.66. The number of imidazole rings is 1. The van der Waals surface area contributed by atoms with Gasteiger partial charge in [0.1, 0.15) is 5.52 Å². The number of nitrogens with two attached hydrogens (primary N) is 1. The molecule has 112 valence electrons. The molecule has 7 nitrogen and oxygen atoms in total. The van der Waals surface area contributed by atoms with Gasteiger partial charge < -0.3 is 5.73 Å². The van der Waals surface area contributed by atoms with E-state index in [9.17, 15) is 8.42 Å². The van der Waals surface area contributed by atoms with Gasteiger partial charge in [-0.25, -0.2) is 18.1 Å². The first kappa shape index (κ1) is 14.8. The number of aromatic nitrogens is 4. The van der Waals surface area contributed by atoms with Gasteiger partial charge in [-0.15, -0.1) is 0 Å². The Kier molecular flexibility index (Phi) is 3.32. The van der Waals surface area contributed by atoms with Crippen molar-refractivity contribution in [3.63, 3.8) is 0 Å². The smallest absolute Gasteiger partial charge is 0.202 e. The number of anilines is 1. The van der Waals surface area contributed by atoms with E-state index < -0.39 is 14.6 Å². The van der Waals surface area contributed by atoms with Crippen LogP contribution in [0.4, 0.5) is 5.95 Å². The Morgan fingerprint density at radius 1 is 1.35 bits per heavy atom. The molecule has 0 saturated carbocycles. The van der Waals surface area contributed by atoms with Crippen molar-refractivity contribution in [2.45, 2.75) is 45.5 Å². The van der Waals surface area contributed by atoms with Crippen molar-refractivity contribution in [3.8, 4) is 0 Å². The topological polar surface area (TPSA) is 95.8 Å². The quantitative estimate of drug-likeness (QED) is 0.907. The molecule has 0 bridgehead atoms. The predicted octanol–water partition coefficient (Wildman–Crippen LogP) is 0.967. The van der Waals surface area contributed by atoms with Crippen LogP contribution in [0, 0.1) is 6.92 Å². The van der Waals surface area contributed by atoms with Crippen molar-refractivity contribution in [2.75, 3.05) is 12.0 Å². The summed E-state index contributed by atoms with van der Waals surface area (Å²) in [5.41, 5.74) is 8.26. The van der Waals surface area contributed by atoms with Crippen LogP contribution in [-0.4, -0.2) is 38.8 Å². The minimum absolute atomic E-state index is 0.249. The zero-order valence-corrected chi connectivity index (χ0v) is 13.3. The standard InChI is InChI=1S/C12H21N5O2S/c1-6-17-10-9(8(2)15-17)14-11(13)16(10)7-12(3,4)20(5,18)19/h6-7H2,1-5H3,(H2,13,14). The number of rotatable bonds is 4. The molecule has 0 atom stereocenters. The second kappa shape index (κ2) is 4.47. The molecule has 2 heterocycles. The highest BCUT2D eigenvalue weighted by atomic mass is 32.2.